The second-order valence-corrected chi connectivity index (χ2v) is 7.55. The van der Waals surface area contributed by atoms with E-state index in [1.165, 1.54) is 6.07 Å². The number of nitro groups is 1. The third kappa shape index (κ3) is 4.41. The lowest BCUT2D eigenvalue weighted by Gasteiger charge is -2.11. The Balaban J connectivity index is 1.39. The molecule has 0 aliphatic heterocycles. The summed E-state index contributed by atoms with van der Waals surface area (Å²) < 4.78 is 5.89. The normalized spacial score (nSPS) is 10.8. The average Bonchev–Trinajstić information content (AvgIpc) is 2.88. The zero-order chi connectivity index (χ0) is 22.6. The molecule has 0 aliphatic rings. The Morgan fingerprint density at radius 1 is 0.788 bits per heavy atom. The highest BCUT2D eigenvalue weighted by molar-refractivity contribution is 5.85. The molecule has 0 atom stereocenters. The van der Waals surface area contributed by atoms with Gasteiger partial charge in [-0.1, -0.05) is 42.5 Å². The second-order valence-electron chi connectivity index (χ2n) is 7.55. The molecule has 2 heterocycles. The van der Waals surface area contributed by atoms with Gasteiger partial charge in [-0.05, 0) is 58.1 Å². The molecule has 0 spiro atoms. The number of benzene rings is 3. The number of nitro benzene ring substituents is 1. The summed E-state index contributed by atoms with van der Waals surface area (Å²) >= 11 is 0. The Labute approximate surface area is 190 Å². The van der Waals surface area contributed by atoms with Gasteiger partial charge >= 0.3 is 0 Å². The molecule has 0 saturated heterocycles. The SMILES string of the molecule is O=[N+]([O-])c1ccc(-c2ccc(COc3ccc4ccccc4n3)cc2)c(-c2ccncc2)c1. The molecule has 0 aliphatic carbocycles. The molecule has 6 nitrogen and oxygen atoms in total. The number of pyridine rings is 2. The topological polar surface area (TPSA) is 78.2 Å². The van der Waals surface area contributed by atoms with Crippen LogP contribution in [0.3, 0.4) is 0 Å². The predicted molar refractivity (Wildman–Crippen MR) is 128 cm³/mol. The minimum atomic E-state index is -0.379. The third-order valence-corrected chi connectivity index (χ3v) is 5.43. The summed E-state index contributed by atoms with van der Waals surface area (Å²) in [6.45, 7) is 0.392. The fraction of sp³-hybridized carbons (Fsp3) is 0.0370. The Morgan fingerprint density at radius 3 is 2.33 bits per heavy atom. The minimum Gasteiger partial charge on any atom is -0.473 e. The molecule has 5 rings (SSSR count). The molecule has 5 aromatic rings. The van der Waals surface area contributed by atoms with Crippen molar-refractivity contribution in [3.8, 4) is 28.1 Å². The summed E-state index contributed by atoms with van der Waals surface area (Å²) in [5, 5.41) is 12.4. The monoisotopic (exact) mass is 433 g/mol. The van der Waals surface area contributed by atoms with Crippen LogP contribution in [0.25, 0.3) is 33.2 Å². The molecule has 0 saturated carbocycles. The highest BCUT2D eigenvalue weighted by Crippen LogP contribution is 2.35. The molecule has 0 N–H and O–H groups in total. The van der Waals surface area contributed by atoms with Crippen LogP contribution in [-0.4, -0.2) is 14.9 Å². The van der Waals surface area contributed by atoms with Crippen molar-refractivity contribution in [1.82, 2.24) is 9.97 Å². The molecule has 160 valence electrons. The molecular weight excluding hydrogens is 414 g/mol. The van der Waals surface area contributed by atoms with Crippen molar-refractivity contribution in [2.45, 2.75) is 6.61 Å². The van der Waals surface area contributed by atoms with Gasteiger partial charge in [-0.15, -0.1) is 0 Å². The fourth-order valence-corrected chi connectivity index (χ4v) is 3.73. The summed E-state index contributed by atoms with van der Waals surface area (Å²) in [7, 11) is 0. The van der Waals surface area contributed by atoms with Gasteiger partial charge in [0.1, 0.15) is 6.61 Å². The number of non-ortho nitro benzene ring substituents is 1. The van der Waals surface area contributed by atoms with E-state index in [4.69, 9.17) is 4.74 Å². The number of fused-ring (bicyclic) bond motifs is 1. The maximum Gasteiger partial charge on any atom is 0.270 e. The van der Waals surface area contributed by atoms with Gasteiger partial charge in [0, 0.05) is 36.0 Å². The van der Waals surface area contributed by atoms with Crippen LogP contribution in [0.4, 0.5) is 5.69 Å². The Hall–Kier alpha value is -4.58. The zero-order valence-corrected chi connectivity index (χ0v) is 17.6. The summed E-state index contributed by atoms with van der Waals surface area (Å²) in [4.78, 5) is 19.5. The number of hydrogen-bond donors (Lipinski definition) is 0. The molecule has 0 radical (unpaired) electrons. The van der Waals surface area contributed by atoms with Crippen LogP contribution in [0.5, 0.6) is 5.88 Å². The highest BCUT2D eigenvalue weighted by atomic mass is 16.6. The molecule has 3 aromatic carbocycles. The van der Waals surface area contributed by atoms with E-state index in [0.29, 0.717) is 12.5 Å². The first-order valence-corrected chi connectivity index (χ1v) is 10.4. The summed E-state index contributed by atoms with van der Waals surface area (Å²) in [6.07, 6.45) is 3.36. The lowest BCUT2D eigenvalue weighted by Crippen LogP contribution is -1.97. The summed E-state index contributed by atoms with van der Waals surface area (Å²) in [5.41, 5.74) is 5.49. The van der Waals surface area contributed by atoms with Crippen LogP contribution in [-0.2, 0) is 6.61 Å². The minimum absolute atomic E-state index is 0.0541. The number of rotatable bonds is 6. The smallest absolute Gasteiger partial charge is 0.270 e. The Kier molecular flexibility index (Phi) is 5.47. The average molecular weight is 433 g/mol. The molecule has 2 aromatic heterocycles. The van der Waals surface area contributed by atoms with E-state index < -0.39 is 0 Å². The van der Waals surface area contributed by atoms with E-state index >= 15 is 0 Å². The van der Waals surface area contributed by atoms with E-state index in [-0.39, 0.29) is 10.6 Å². The highest BCUT2D eigenvalue weighted by Gasteiger charge is 2.14. The van der Waals surface area contributed by atoms with Crippen molar-refractivity contribution in [2.24, 2.45) is 0 Å². The largest absolute Gasteiger partial charge is 0.473 e. The van der Waals surface area contributed by atoms with E-state index in [9.17, 15) is 10.1 Å². The van der Waals surface area contributed by atoms with Crippen molar-refractivity contribution in [1.29, 1.82) is 0 Å². The second kappa shape index (κ2) is 8.88. The molecule has 33 heavy (non-hydrogen) atoms. The van der Waals surface area contributed by atoms with Crippen molar-refractivity contribution >= 4 is 16.6 Å². The maximum atomic E-state index is 11.3. The van der Waals surface area contributed by atoms with E-state index in [1.807, 2.05) is 72.8 Å². The molecule has 0 unspecified atom stereocenters. The van der Waals surface area contributed by atoms with Crippen LogP contribution in [0, 0.1) is 10.1 Å². The number of para-hydroxylation sites is 1. The molecular formula is C27H19N3O3. The van der Waals surface area contributed by atoms with E-state index in [1.54, 1.807) is 24.5 Å². The lowest BCUT2D eigenvalue weighted by molar-refractivity contribution is -0.384. The van der Waals surface area contributed by atoms with Gasteiger partial charge in [-0.2, -0.15) is 0 Å². The van der Waals surface area contributed by atoms with Gasteiger partial charge in [0.2, 0.25) is 5.88 Å². The van der Waals surface area contributed by atoms with Crippen LogP contribution in [0.15, 0.2) is 103 Å². The molecule has 0 amide bonds. The zero-order valence-electron chi connectivity index (χ0n) is 17.6. The van der Waals surface area contributed by atoms with Crippen LogP contribution < -0.4 is 4.74 Å². The summed E-state index contributed by atoms with van der Waals surface area (Å²) in [5.74, 6) is 0.577. The Bertz CT molecular complexity index is 1430. The molecule has 6 heteroatoms. The molecule has 0 bridgehead atoms. The quantitative estimate of drug-likeness (QED) is 0.227. The predicted octanol–water partition coefficient (Wildman–Crippen LogP) is 6.45. The maximum absolute atomic E-state index is 11.3. The molecule has 0 fully saturated rings. The fourth-order valence-electron chi connectivity index (χ4n) is 3.73. The van der Waals surface area contributed by atoms with Crippen molar-refractivity contribution in [3.05, 3.63) is 119 Å². The van der Waals surface area contributed by atoms with Gasteiger partial charge < -0.3 is 4.74 Å². The number of nitrogens with zero attached hydrogens (tertiary/aromatic N) is 3. The van der Waals surface area contributed by atoms with Crippen molar-refractivity contribution in [2.75, 3.05) is 0 Å². The lowest BCUT2D eigenvalue weighted by atomic mass is 9.94. The summed E-state index contributed by atoms with van der Waals surface area (Å²) in [6, 6.07) is 28.4. The van der Waals surface area contributed by atoms with Gasteiger partial charge in [0.15, 0.2) is 0 Å². The first-order chi connectivity index (χ1) is 16.2. The van der Waals surface area contributed by atoms with Crippen molar-refractivity contribution in [3.63, 3.8) is 0 Å². The number of hydrogen-bond acceptors (Lipinski definition) is 5. The van der Waals surface area contributed by atoms with Gasteiger partial charge in [-0.3, -0.25) is 15.1 Å². The number of aromatic nitrogens is 2. The van der Waals surface area contributed by atoms with E-state index in [0.717, 1.165) is 38.7 Å². The standard InChI is InChI=1S/C27H19N3O3/c31-30(32)23-10-11-24(25(17-23)21-13-15-28-16-14-21)20-7-5-19(6-8-20)18-33-27-12-9-22-3-1-2-4-26(22)29-27/h1-17H,18H2. The third-order valence-electron chi connectivity index (χ3n) is 5.43. The van der Waals surface area contributed by atoms with Gasteiger partial charge in [-0.25, -0.2) is 4.98 Å². The van der Waals surface area contributed by atoms with Crippen LogP contribution in [0.2, 0.25) is 0 Å². The van der Waals surface area contributed by atoms with Crippen LogP contribution >= 0.6 is 0 Å². The van der Waals surface area contributed by atoms with Crippen LogP contribution in [0.1, 0.15) is 5.56 Å². The first-order valence-electron chi connectivity index (χ1n) is 10.4. The van der Waals surface area contributed by atoms with Gasteiger partial charge in [0.05, 0.1) is 10.4 Å². The van der Waals surface area contributed by atoms with Crippen molar-refractivity contribution < 1.29 is 9.66 Å². The van der Waals surface area contributed by atoms with Gasteiger partial charge in [0.25, 0.3) is 5.69 Å². The Morgan fingerprint density at radius 2 is 1.55 bits per heavy atom. The first kappa shape index (κ1) is 20.3. The van der Waals surface area contributed by atoms with E-state index in [2.05, 4.69) is 9.97 Å². The number of ether oxygens (including phenoxy) is 1.